The lowest BCUT2D eigenvalue weighted by atomic mass is 10.1. The van der Waals surface area contributed by atoms with E-state index in [0.717, 1.165) is 7.11 Å². The van der Waals surface area contributed by atoms with Crippen molar-refractivity contribution in [3.8, 4) is 0 Å². The summed E-state index contributed by atoms with van der Waals surface area (Å²) in [5.41, 5.74) is -1.77. The van der Waals surface area contributed by atoms with E-state index in [1.54, 1.807) is 0 Å². The molecule has 0 amide bonds. The summed E-state index contributed by atoms with van der Waals surface area (Å²) in [6.07, 6.45) is -4.74. The number of carbonyl (C=O) groups is 1. The number of hydrogen-bond acceptors (Lipinski definition) is 4. The van der Waals surface area contributed by atoms with Gasteiger partial charge in [0.15, 0.2) is 0 Å². The van der Waals surface area contributed by atoms with Crippen LogP contribution in [0.4, 0.5) is 13.2 Å². The third kappa shape index (κ3) is 2.99. The van der Waals surface area contributed by atoms with E-state index in [4.69, 9.17) is 5.14 Å². The normalized spacial score (nSPS) is 12.3. The molecule has 18 heavy (non-hydrogen) atoms. The van der Waals surface area contributed by atoms with Crippen molar-refractivity contribution in [3.05, 3.63) is 29.3 Å². The van der Waals surface area contributed by atoms with E-state index in [1.807, 2.05) is 0 Å². The highest BCUT2D eigenvalue weighted by molar-refractivity contribution is 7.89. The number of carbonyl (C=O) groups excluding carboxylic acids is 1. The maximum absolute atomic E-state index is 12.4. The summed E-state index contributed by atoms with van der Waals surface area (Å²) in [7, 11) is -3.51. The number of sulfonamides is 1. The van der Waals surface area contributed by atoms with Gasteiger partial charge in [0.05, 0.1) is 23.1 Å². The largest absolute Gasteiger partial charge is 0.465 e. The van der Waals surface area contributed by atoms with Gasteiger partial charge in [0, 0.05) is 0 Å². The lowest BCUT2D eigenvalue weighted by molar-refractivity contribution is -0.137. The Bertz CT molecular complexity index is 580. The molecule has 0 saturated carbocycles. The number of alkyl halides is 3. The van der Waals surface area contributed by atoms with Gasteiger partial charge in [0.25, 0.3) is 0 Å². The lowest BCUT2D eigenvalue weighted by Gasteiger charge is -2.10. The van der Waals surface area contributed by atoms with Gasteiger partial charge in [-0.05, 0) is 18.2 Å². The van der Waals surface area contributed by atoms with Gasteiger partial charge in [-0.3, -0.25) is 0 Å². The molecule has 0 aliphatic heterocycles. The van der Waals surface area contributed by atoms with Crippen molar-refractivity contribution in [3.63, 3.8) is 0 Å². The summed E-state index contributed by atoms with van der Waals surface area (Å²) in [5.74, 6) is -1.09. The van der Waals surface area contributed by atoms with Gasteiger partial charge in [-0.15, -0.1) is 0 Å². The van der Waals surface area contributed by atoms with Gasteiger partial charge >= 0.3 is 12.1 Å². The second kappa shape index (κ2) is 4.58. The first kappa shape index (κ1) is 14.5. The van der Waals surface area contributed by atoms with Gasteiger partial charge in [0.1, 0.15) is 0 Å². The predicted molar refractivity (Wildman–Crippen MR) is 54.2 cm³/mol. The second-order valence-electron chi connectivity index (χ2n) is 3.25. The van der Waals surface area contributed by atoms with Crippen LogP contribution < -0.4 is 5.14 Å². The Hall–Kier alpha value is -1.61. The number of primary sulfonamides is 1. The molecule has 0 saturated heterocycles. The molecule has 0 spiro atoms. The van der Waals surface area contributed by atoms with Gasteiger partial charge in [-0.1, -0.05) is 0 Å². The number of esters is 1. The maximum atomic E-state index is 12.4. The van der Waals surface area contributed by atoms with Crippen LogP contribution in [-0.2, 0) is 20.9 Å². The standard InChI is InChI=1S/C9H8F3NO4S/c1-17-8(14)6-3-2-5(9(10,11)12)4-7(6)18(13,15)16/h2-4H,1H3,(H2,13,15,16). The van der Waals surface area contributed by atoms with Crippen LogP contribution >= 0.6 is 0 Å². The molecular weight excluding hydrogens is 275 g/mol. The summed E-state index contributed by atoms with van der Waals surface area (Å²) >= 11 is 0. The molecule has 0 atom stereocenters. The van der Waals surface area contributed by atoms with Crippen LogP contribution in [-0.4, -0.2) is 21.5 Å². The Morgan fingerprint density at radius 3 is 2.28 bits per heavy atom. The number of benzene rings is 1. The fraction of sp³-hybridized carbons (Fsp3) is 0.222. The molecule has 1 rings (SSSR count). The van der Waals surface area contributed by atoms with Crippen molar-refractivity contribution in [2.45, 2.75) is 11.1 Å². The van der Waals surface area contributed by atoms with Gasteiger partial charge in [-0.25, -0.2) is 18.4 Å². The summed E-state index contributed by atoms with van der Waals surface area (Å²) in [4.78, 5) is 10.3. The molecule has 100 valence electrons. The van der Waals surface area contributed by atoms with E-state index >= 15 is 0 Å². The van der Waals surface area contributed by atoms with Crippen LogP contribution in [0.5, 0.6) is 0 Å². The van der Waals surface area contributed by atoms with Crippen LogP contribution in [0.3, 0.4) is 0 Å². The fourth-order valence-corrected chi connectivity index (χ4v) is 1.96. The Morgan fingerprint density at radius 2 is 1.89 bits per heavy atom. The van der Waals surface area contributed by atoms with Crippen LogP contribution in [0.1, 0.15) is 15.9 Å². The van der Waals surface area contributed by atoms with Crippen molar-refractivity contribution in [2.24, 2.45) is 5.14 Å². The first-order valence-corrected chi connectivity index (χ1v) is 5.94. The van der Waals surface area contributed by atoms with Crippen LogP contribution in [0.15, 0.2) is 23.1 Å². The Morgan fingerprint density at radius 1 is 1.33 bits per heavy atom. The fourth-order valence-electron chi connectivity index (χ4n) is 1.21. The zero-order valence-corrected chi connectivity index (χ0v) is 9.80. The SMILES string of the molecule is COC(=O)c1ccc(C(F)(F)F)cc1S(N)(=O)=O. The molecule has 0 aliphatic carbocycles. The highest BCUT2D eigenvalue weighted by Gasteiger charge is 2.33. The molecule has 0 unspecified atom stereocenters. The van der Waals surface area contributed by atoms with Gasteiger partial charge in [-0.2, -0.15) is 13.2 Å². The molecule has 0 aromatic heterocycles. The van der Waals surface area contributed by atoms with E-state index in [-0.39, 0.29) is 0 Å². The first-order chi connectivity index (χ1) is 8.07. The van der Waals surface area contributed by atoms with Gasteiger partial charge in [0.2, 0.25) is 10.0 Å². The van der Waals surface area contributed by atoms with Crippen molar-refractivity contribution >= 4 is 16.0 Å². The highest BCUT2D eigenvalue weighted by Crippen LogP contribution is 2.31. The summed E-state index contributed by atoms with van der Waals surface area (Å²) in [6, 6.07) is 1.57. The number of rotatable bonds is 2. The highest BCUT2D eigenvalue weighted by atomic mass is 32.2. The van der Waals surface area contributed by atoms with Crippen molar-refractivity contribution in [1.82, 2.24) is 0 Å². The molecule has 1 aromatic carbocycles. The average Bonchev–Trinajstić information content (AvgIpc) is 2.24. The molecule has 0 radical (unpaired) electrons. The van der Waals surface area contributed by atoms with Crippen LogP contribution in [0.2, 0.25) is 0 Å². The number of hydrogen-bond donors (Lipinski definition) is 1. The molecule has 9 heteroatoms. The minimum Gasteiger partial charge on any atom is -0.465 e. The molecule has 2 N–H and O–H groups in total. The molecule has 0 fully saturated rings. The number of ether oxygens (including phenoxy) is 1. The molecule has 0 heterocycles. The molecule has 0 aliphatic rings. The number of nitrogens with two attached hydrogens (primary N) is 1. The van der Waals surface area contributed by atoms with E-state index in [1.165, 1.54) is 0 Å². The Kier molecular flexibility index (Phi) is 3.67. The maximum Gasteiger partial charge on any atom is 0.416 e. The van der Waals surface area contributed by atoms with Crippen molar-refractivity contribution in [2.75, 3.05) is 7.11 Å². The third-order valence-electron chi connectivity index (χ3n) is 2.02. The Labute approximate surface area is 100 Å². The van der Waals surface area contributed by atoms with E-state index in [0.29, 0.717) is 18.2 Å². The van der Waals surface area contributed by atoms with Crippen molar-refractivity contribution in [1.29, 1.82) is 0 Å². The summed E-state index contributed by atoms with van der Waals surface area (Å²) in [5, 5.41) is 4.76. The van der Waals surface area contributed by atoms with Gasteiger partial charge < -0.3 is 4.74 Å². The van der Waals surface area contributed by atoms with E-state index in [2.05, 4.69) is 4.74 Å². The van der Waals surface area contributed by atoms with E-state index in [9.17, 15) is 26.4 Å². The monoisotopic (exact) mass is 283 g/mol. The van der Waals surface area contributed by atoms with Crippen LogP contribution in [0, 0.1) is 0 Å². The third-order valence-corrected chi connectivity index (χ3v) is 2.97. The number of methoxy groups -OCH3 is 1. The lowest BCUT2D eigenvalue weighted by Crippen LogP contribution is -2.19. The minimum absolute atomic E-state index is 0.293. The first-order valence-electron chi connectivity index (χ1n) is 4.39. The topological polar surface area (TPSA) is 86.5 Å². The molecular formula is C9H8F3NO4S. The zero-order valence-electron chi connectivity index (χ0n) is 8.98. The molecule has 1 aromatic rings. The predicted octanol–water partition coefficient (Wildman–Crippen LogP) is 1.14. The summed E-state index contributed by atoms with van der Waals surface area (Å²) in [6.45, 7) is 0. The van der Waals surface area contributed by atoms with Crippen molar-refractivity contribution < 1.29 is 31.1 Å². The average molecular weight is 283 g/mol. The summed E-state index contributed by atoms with van der Waals surface area (Å²) < 4.78 is 63.8. The van der Waals surface area contributed by atoms with Crippen LogP contribution in [0.25, 0.3) is 0 Å². The smallest absolute Gasteiger partial charge is 0.416 e. The zero-order chi connectivity index (χ0) is 14.1. The number of halogens is 3. The molecule has 5 nitrogen and oxygen atoms in total. The quantitative estimate of drug-likeness (QED) is 0.824. The second-order valence-corrected chi connectivity index (χ2v) is 4.78. The Balaban J connectivity index is 3.55. The van der Waals surface area contributed by atoms with E-state index < -0.39 is 38.2 Å². The minimum atomic E-state index is -4.74. The molecule has 0 bridgehead atoms.